The Balaban J connectivity index is 1.98. The molecule has 0 fully saturated rings. The second-order valence-electron chi connectivity index (χ2n) is 7.27. The molecule has 1 atom stereocenters. The Hall–Kier alpha value is -2.49. The van der Waals surface area contributed by atoms with E-state index < -0.39 is 0 Å². The fourth-order valence-electron chi connectivity index (χ4n) is 3.94. The Morgan fingerprint density at radius 2 is 1.86 bits per heavy atom. The van der Waals surface area contributed by atoms with Gasteiger partial charge in [0.15, 0.2) is 0 Å². The monoisotopic (exact) mass is 374 g/mol. The number of aromatic nitrogens is 1. The number of pyridine rings is 1. The van der Waals surface area contributed by atoms with Gasteiger partial charge in [-0.3, -0.25) is 4.98 Å². The molecule has 1 aromatic heterocycles. The highest BCUT2D eigenvalue weighted by molar-refractivity contribution is 5.70. The average molecular weight is 375 g/mol. The van der Waals surface area contributed by atoms with Crippen LogP contribution in [0.1, 0.15) is 34.6 Å². The van der Waals surface area contributed by atoms with Gasteiger partial charge in [0.2, 0.25) is 0 Å². The van der Waals surface area contributed by atoms with E-state index in [1.54, 1.807) is 7.11 Å². The SMILES string of the molecule is COCCCc1c(-c2ccccc2)ccc(C(CN)Cc2cccnc2)c1C. The van der Waals surface area contributed by atoms with Crippen molar-refractivity contribution in [2.45, 2.75) is 32.1 Å². The van der Waals surface area contributed by atoms with Gasteiger partial charge in [-0.2, -0.15) is 0 Å². The minimum absolute atomic E-state index is 0.287. The Morgan fingerprint density at radius 1 is 1.04 bits per heavy atom. The van der Waals surface area contributed by atoms with E-state index in [2.05, 4.69) is 60.4 Å². The van der Waals surface area contributed by atoms with E-state index in [4.69, 9.17) is 10.5 Å². The molecule has 3 aromatic rings. The summed E-state index contributed by atoms with van der Waals surface area (Å²) < 4.78 is 5.30. The molecule has 0 bridgehead atoms. The van der Waals surface area contributed by atoms with Crippen molar-refractivity contribution in [2.24, 2.45) is 5.73 Å². The third-order valence-electron chi connectivity index (χ3n) is 5.43. The van der Waals surface area contributed by atoms with E-state index in [9.17, 15) is 0 Å². The van der Waals surface area contributed by atoms with Gasteiger partial charge in [0.05, 0.1) is 0 Å². The summed E-state index contributed by atoms with van der Waals surface area (Å²) in [5, 5.41) is 0. The van der Waals surface area contributed by atoms with Crippen LogP contribution < -0.4 is 5.73 Å². The number of benzene rings is 2. The summed E-state index contributed by atoms with van der Waals surface area (Å²) in [6.07, 6.45) is 6.68. The van der Waals surface area contributed by atoms with E-state index in [1.165, 1.54) is 33.4 Å². The molecule has 3 rings (SSSR count). The lowest BCUT2D eigenvalue weighted by atomic mass is 9.83. The fourth-order valence-corrected chi connectivity index (χ4v) is 3.94. The van der Waals surface area contributed by atoms with Crippen molar-refractivity contribution >= 4 is 0 Å². The van der Waals surface area contributed by atoms with Gasteiger partial charge in [0.1, 0.15) is 0 Å². The van der Waals surface area contributed by atoms with Crippen LogP contribution in [0.4, 0.5) is 0 Å². The van der Waals surface area contributed by atoms with Crippen LogP contribution in [0, 0.1) is 6.92 Å². The van der Waals surface area contributed by atoms with Crippen LogP contribution >= 0.6 is 0 Å². The zero-order chi connectivity index (χ0) is 19.8. The molecule has 0 aliphatic rings. The van der Waals surface area contributed by atoms with Gasteiger partial charge < -0.3 is 10.5 Å². The zero-order valence-corrected chi connectivity index (χ0v) is 16.9. The van der Waals surface area contributed by atoms with Crippen molar-refractivity contribution in [1.82, 2.24) is 4.98 Å². The Kier molecular flexibility index (Phi) is 7.35. The van der Waals surface area contributed by atoms with Gasteiger partial charge in [0.25, 0.3) is 0 Å². The van der Waals surface area contributed by atoms with Gasteiger partial charge in [0, 0.05) is 32.0 Å². The van der Waals surface area contributed by atoms with Crippen molar-refractivity contribution in [3.8, 4) is 11.1 Å². The Labute approximate surface area is 168 Å². The standard InChI is InChI=1S/C25H30N2O/c1-19-23(22(17-26)16-20-8-6-14-27-18-20)12-13-25(21-9-4-3-5-10-21)24(19)11-7-15-28-2/h3-6,8-10,12-14,18,22H,7,11,15-17,26H2,1-2H3. The lowest BCUT2D eigenvalue weighted by Gasteiger charge is -2.22. The van der Waals surface area contributed by atoms with Gasteiger partial charge in [-0.15, -0.1) is 0 Å². The van der Waals surface area contributed by atoms with Crippen LogP contribution in [0.2, 0.25) is 0 Å². The van der Waals surface area contributed by atoms with Crippen LogP contribution in [-0.4, -0.2) is 25.2 Å². The summed E-state index contributed by atoms with van der Waals surface area (Å²) >= 11 is 0. The number of rotatable bonds is 9. The van der Waals surface area contributed by atoms with Crippen LogP contribution in [-0.2, 0) is 17.6 Å². The minimum Gasteiger partial charge on any atom is -0.385 e. The molecule has 0 saturated carbocycles. The molecular formula is C25H30N2O. The summed E-state index contributed by atoms with van der Waals surface area (Å²) in [5.41, 5.74) is 14.1. The first-order chi connectivity index (χ1) is 13.7. The second-order valence-corrected chi connectivity index (χ2v) is 7.27. The maximum atomic E-state index is 6.20. The number of nitrogens with zero attached hydrogens (tertiary/aromatic N) is 1. The molecule has 1 unspecified atom stereocenters. The van der Waals surface area contributed by atoms with Crippen molar-refractivity contribution in [2.75, 3.05) is 20.3 Å². The van der Waals surface area contributed by atoms with Gasteiger partial charge >= 0.3 is 0 Å². The first-order valence-corrected chi connectivity index (χ1v) is 10.00. The highest BCUT2D eigenvalue weighted by atomic mass is 16.5. The molecule has 0 aliphatic heterocycles. The molecule has 3 heteroatoms. The number of methoxy groups -OCH3 is 1. The summed E-state index contributed by atoms with van der Waals surface area (Å²) in [7, 11) is 1.76. The minimum atomic E-state index is 0.287. The highest BCUT2D eigenvalue weighted by Gasteiger charge is 2.18. The molecule has 0 spiro atoms. The fraction of sp³-hybridized carbons (Fsp3) is 0.320. The largest absolute Gasteiger partial charge is 0.385 e. The molecule has 0 radical (unpaired) electrons. The first-order valence-electron chi connectivity index (χ1n) is 10.00. The van der Waals surface area contributed by atoms with Gasteiger partial charge in [-0.05, 0) is 72.2 Å². The predicted octanol–water partition coefficient (Wildman–Crippen LogP) is 4.92. The quantitative estimate of drug-likeness (QED) is 0.541. The molecule has 0 amide bonds. The topological polar surface area (TPSA) is 48.1 Å². The number of hydrogen-bond acceptors (Lipinski definition) is 3. The lowest BCUT2D eigenvalue weighted by Crippen LogP contribution is -2.17. The van der Waals surface area contributed by atoms with Crippen LogP contribution in [0.3, 0.4) is 0 Å². The van der Waals surface area contributed by atoms with E-state index in [-0.39, 0.29) is 5.92 Å². The van der Waals surface area contributed by atoms with Crippen molar-refractivity contribution < 1.29 is 4.74 Å². The first kappa shape index (κ1) is 20.2. The van der Waals surface area contributed by atoms with Crippen LogP contribution in [0.5, 0.6) is 0 Å². The van der Waals surface area contributed by atoms with Crippen molar-refractivity contribution in [3.05, 3.63) is 89.2 Å². The van der Waals surface area contributed by atoms with Gasteiger partial charge in [-0.1, -0.05) is 48.5 Å². The maximum Gasteiger partial charge on any atom is 0.0465 e. The van der Waals surface area contributed by atoms with E-state index in [0.717, 1.165) is 25.9 Å². The summed E-state index contributed by atoms with van der Waals surface area (Å²) in [6.45, 7) is 3.64. The number of hydrogen-bond donors (Lipinski definition) is 1. The van der Waals surface area contributed by atoms with E-state index >= 15 is 0 Å². The van der Waals surface area contributed by atoms with Crippen molar-refractivity contribution in [3.63, 3.8) is 0 Å². The third-order valence-corrected chi connectivity index (χ3v) is 5.43. The second kappa shape index (κ2) is 10.2. The van der Waals surface area contributed by atoms with Crippen LogP contribution in [0.15, 0.2) is 67.0 Å². The molecule has 3 nitrogen and oxygen atoms in total. The smallest absolute Gasteiger partial charge is 0.0465 e. The molecule has 2 N–H and O–H groups in total. The molecule has 1 heterocycles. The van der Waals surface area contributed by atoms with E-state index in [0.29, 0.717) is 6.54 Å². The molecule has 28 heavy (non-hydrogen) atoms. The lowest BCUT2D eigenvalue weighted by molar-refractivity contribution is 0.195. The summed E-state index contributed by atoms with van der Waals surface area (Å²) in [6, 6.07) is 19.3. The van der Waals surface area contributed by atoms with Crippen LogP contribution in [0.25, 0.3) is 11.1 Å². The molecule has 0 aliphatic carbocycles. The average Bonchev–Trinajstić information content (AvgIpc) is 2.75. The Bertz CT molecular complexity index is 862. The van der Waals surface area contributed by atoms with E-state index in [1.807, 2.05) is 18.5 Å². The number of nitrogens with two attached hydrogens (primary N) is 1. The highest BCUT2D eigenvalue weighted by Crippen LogP contribution is 2.33. The van der Waals surface area contributed by atoms with Gasteiger partial charge in [-0.25, -0.2) is 0 Å². The normalized spacial score (nSPS) is 12.1. The summed E-state index contributed by atoms with van der Waals surface area (Å²) in [4.78, 5) is 4.25. The molecular weight excluding hydrogens is 344 g/mol. The molecule has 2 aromatic carbocycles. The zero-order valence-electron chi connectivity index (χ0n) is 16.9. The predicted molar refractivity (Wildman–Crippen MR) is 117 cm³/mol. The molecule has 146 valence electrons. The third kappa shape index (κ3) is 4.86. The molecule has 0 saturated heterocycles. The number of ether oxygens (including phenoxy) is 1. The van der Waals surface area contributed by atoms with Crippen molar-refractivity contribution in [1.29, 1.82) is 0 Å². The maximum absolute atomic E-state index is 6.20. The summed E-state index contributed by atoms with van der Waals surface area (Å²) in [5.74, 6) is 0.287. The Morgan fingerprint density at radius 3 is 2.54 bits per heavy atom.